The largest absolute Gasteiger partial charge is 0.493 e. The third kappa shape index (κ3) is 2.88. The Balaban J connectivity index is 2.50. The maximum absolute atomic E-state index is 11.2. The number of rotatable bonds is 5. The molecule has 2 rings (SSSR count). The zero-order valence-corrected chi connectivity index (χ0v) is 12.2. The molecule has 0 bridgehead atoms. The highest BCUT2D eigenvalue weighted by molar-refractivity contribution is 5.74. The molecule has 0 spiro atoms. The van der Waals surface area contributed by atoms with Crippen LogP contribution in [0.5, 0.6) is 11.5 Å². The lowest BCUT2D eigenvalue weighted by molar-refractivity contribution is -0.384. The summed E-state index contributed by atoms with van der Waals surface area (Å²) in [6.07, 6.45) is 1.75. The molecular formula is C13H16N4O4. The average molecular weight is 292 g/mol. The van der Waals surface area contributed by atoms with E-state index in [9.17, 15) is 10.1 Å². The monoisotopic (exact) mass is 292 g/mol. The lowest BCUT2D eigenvalue weighted by atomic mass is 10.2. The van der Waals surface area contributed by atoms with Crippen LogP contribution in [0, 0.1) is 17.0 Å². The van der Waals surface area contributed by atoms with Gasteiger partial charge in [-0.3, -0.25) is 14.8 Å². The minimum absolute atomic E-state index is 0.101. The van der Waals surface area contributed by atoms with Gasteiger partial charge in [-0.1, -0.05) is 0 Å². The molecule has 0 radical (unpaired) electrons. The Morgan fingerprint density at radius 3 is 2.33 bits per heavy atom. The number of anilines is 2. The molecule has 0 aliphatic carbocycles. The number of hydrogen-bond donors (Lipinski definition) is 1. The molecule has 8 heteroatoms. The predicted octanol–water partition coefficient (Wildman–Crippen LogP) is 2.40. The van der Waals surface area contributed by atoms with Gasteiger partial charge in [-0.25, -0.2) is 0 Å². The molecule has 2 aromatic rings. The first kappa shape index (κ1) is 14.6. The van der Waals surface area contributed by atoms with Crippen LogP contribution in [0.1, 0.15) is 5.69 Å². The highest BCUT2D eigenvalue weighted by Gasteiger charge is 2.20. The van der Waals surface area contributed by atoms with Crippen LogP contribution in [0.2, 0.25) is 0 Å². The van der Waals surface area contributed by atoms with Crippen molar-refractivity contribution in [3.05, 3.63) is 34.1 Å². The number of benzene rings is 1. The summed E-state index contributed by atoms with van der Waals surface area (Å²) in [6, 6.07) is 2.86. The molecule has 0 unspecified atom stereocenters. The number of hydrogen-bond acceptors (Lipinski definition) is 6. The highest BCUT2D eigenvalue weighted by atomic mass is 16.6. The van der Waals surface area contributed by atoms with Crippen molar-refractivity contribution in [3.63, 3.8) is 0 Å². The van der Waals surface area contributed by atoms with Crippen molar-refractivity contribution >= 4 is 17.1 Å². The van der Waals surface area contributed by atoms with E-state index in [2.05, 4.69) is 10.4 Å². The number of aryl methyl sites for hydroxylation is 2. The van der Waals surface area contributed by atoms with Gasteiger partial charge in [0.15, 0.2) is 11.5 Å². The van der Waals surface area contributed by atoms with Crippen LogP contribution in [0.3, 0.4) is 0 Å². The highest BCUT2D eigenvalue weighted by Crippen LogP contribution is 2.39. The van der Waals surface area contributed by atoms with Gasteiger partial charge >= 0.3 is 0 Å². The number of nitrogens with one attached hydrogen (secondary N) is 1. The summed E-state index contributed by atoms with van der Waals surface area (Å²) in [5.41, 5.74) is 1.64. The molecular weight excluding hydrogens is 276 g/mol. The van der Waals surface area contributed by atoms with Crippen LogP contribution in [0.15, 0.2) is 18.3 Å². The second-order valence-corrected chi connectivity index (χ2v) is 4.41. The van der Waals surface area contributed by atoms with E-state index in [1.807, 2.05) is 6.92 Å². The third-order valence-corrected chi connectivity index (χ3v) is 2.98. The molecule has 1 heterocycles. The molecule has 0 aliphatic rings. The zero-order valence-electron chi connectivity index (χ0n) is 12.2. The molecule has 112 valence electrons. The van der Waals surface area contributed by atoms with Gasteiger partial charge in [-0.15, -0.1) is 0 Å². The van der Waals surface area contributed by atoms with Crippen molar-refractivity contribution in [2.75, 3.05) is 19.5 Å². The first-order valence-corrected chi connectivity index (χ1v) is 6.14. The Morgan fingerprint density at radius 1 is 1.24 bits per heavy atom. The summed E-state index contributed by atoms with van der Waals surface area (Å²) in [5.74, 6) is 0.713. The van der Waals surface area contributed by atoms with Gasteiger partial charge in [0.25, 0.3) is 5.69 Å². The van der Waals surface area contributed by atoms with Gasteiger partial charge in [-0.2, -0.15) is 5.10 Å². The molecule has 1 aromatic heterocycles. The van der Waals surface area contributed by atoms with Crippen LogP contribution in [-0.4, -0.2) is 28.9 Å². The minimum Gasteiger partial charge on any atom is -0.493 e. The Kier molecular flexibility index (Phi) is 3.97. The van der Waals surface area contributed by atoms with Crippen molar-refractivity contribution < 1.29 is 14.4 Å². The molecule has 0 aliphatic heterocycles. The van der Waals surface area contributed by atoms with E-state index >= 15 is 0 Å². The fraction of sp³-hybridized carbons (Fsp3) is 0.308. The minimum atomic E-state index is -0.476. The topological polar surface area (TPSA) is 91.5 Å². The number of aromatic nitrogens is 2. The van der Waals surface area contributed by atoms with E-state index in [4.69, 9.17) is 9.47 Å². The van der Waals surface area contributed by atoms with Crippen LogP contribution in [0.25, 0.3) is 0 Å². The number of ether oxygens (including phenoxy) is 2. The first-order valence-electron chi connectivity index (χ1n) is 6.14. The summed E-state index contributed by atoms with van der Waals surface area (Å²) in [4.78, 5) is 10.7. The Morgan fingerprint density at radius 2 is 1.86 bits per heavy atom. The summed E-state index contributed by atoms with van der Waals surface area (Å²) < 4.78 is 11.9. The molecule has 8 nitrogen and oxygen atoms in total. The molecule has 0 atom stereocenters. The molecule has 0 saturated carbocycles. The zero-order chi connectivity index (χ0) is 15.6. The first-order chi connectivity index (χ1) is 9.96. The quantitative estimate of drug-likeness (QED) is 0.672. The SMILES string of the molecule is COc1cc(Nc2cn(C)nc2C)c([N+](=O)[O-])cc1OC. The van der Waals surface area contributed by atoms with Gasteiger partial charge in [0.2, 0.25) is 0 Å². The molecule has 0 fully saturated rings. The van der Waals surface area contributed by atoms with Crippen molar-refractivity contribution in [1.29, 1.82) is 0 Å². The summed E-state index contributed by atoms with van der Waals surface area (Å²) >= 11 is 0. The number of nitro benzene ring substituents is 1. The van der Waals surface area contributed by atoms with Gasteiger partial charge in [-0.05, 0) is 6.92 Å². The summed E-state index contributed by atoms with van der Waals surface area (Å²) in [6.45, 7) is 1.81. The Bertz CT molecular complexity index is 681. The van der Waals surface area contributed by atoms with E-state index in [1.54, 1.807) is 17.9 Å². The molecule has 1 N–H and O–H groups in total. The third-order valence-electron chi connectivity index (χ3n) is 2.98. The normalized spacial score (nSPS) is 10.3. The number of methoxy groups -OCH3 is 2. The molecule has 1 aromatic carbocycles. The Labute approximate surface area is 121 Å². The lowest BCUT2D eigenvalue weighted by Crippen LogP contribution is -2.00. The maximum Gasteiger partial charge on any atom is 0.296 e. The van der Waals surface area contributed by atoms with Crippen LogP contribution >= 0.6 is 0 Å². The van der Waals surface area contributed by atoms with Crippen LogP contribution in [0.4, 0.5) is 17.1 Å². The molecule has 0 saturated heterocycles. The maximum atomic E-state index is 11.2. The van der Waals surface area contributed by atoms with Gasteiger partial charge in [0.05, 0.1) is 36.6 Å². The summed E-state index contributed by atoms with van der Waals surface area (Å²) in [7, 11) is 4.68. The van der Waals surface area contributed by atoms with Crippen LogP contribution in [-0.2, 0) is 7.05 Å². The van der Waals surface area contributed by atoms with Crippen LogP contribution < -0.4 is 14.8 Å². The fourth-order valence-electron chi connectivity index (χ4n) is 1.99. The number of nitrogens with zero attached hydrogens (tertiary/aromatic N) is 3. The van der Waals surface area contributed by atoms with E-state index in [0.29, 0.717) is 22.9 Å². The van der Waals surface area contributed by atoms with E-state index < -0.39 is 4.92 Å². The van der Waals surface area contributed by atoms with Crippen molar-refractivity contribution in [1.82, 2.24) is 9.78 Å². The van der Waals surface area contributed by atoms with E-state index in [-0.39, 0.29) is 5.69 Å². The van der Waals surface area contributed by atoms with Crippen molar-refractivity contribution in [2.24, 2.45) is 7.05 Å². The average Bonchev–Trinajstić information content (AvgIpc) is 2.76. The second kappa shape index (κ2) is 5.70. The van der Waals surface area contributed by atoms with Gasteiger partial charge < -0.3 is 14.8 Å². The molecule has 21 heavy (non-hydrogen) atoms. The Hall–Kier alpha value is -2.77. The smallest absolute Gasteiger partial charge is 0.296 e. The van der Waals surface area contributed by atoms with E-state index in [0.717, 1.165) is 5.69 Å². The van der Waals surface area contributed by atoms with Gasteiger partial charge in [0, 0.05) is 19.3 Å². The van der Waals surface area contributed by atoms with Crippen molar-refractivity contribution in [2.45, 2.75) is 6.92 Å². The molecule has 0 amide bonds. The van der Waals surface area contributed by atoms with Gasteiger partial charge in [0.1, 0.15) is 5.69 Å². The van der Waals surface area contributed by atoms with E-state index in [1.165, 1.54) is 26.4 Å². The van der Waals surface area contributed by atoms with Crippen molar-refractivity contribution in [3.8, 4) is 11.5 Å². The fourth-order valence-corrected chi connectivity index (χ4v) is 1.99. The second-order valence-electron chi connectivity index (χ2n) is 4.41. The summed E-state index contributed by atoms with van der Waals surface area (Å²) in [5, 5.41) is 18.4. The predicted molar refractivity (Wildman–Crippen MR) is 77.4 cm³/mol. The standard InChI is InChI=1S/C13H16N4O4/c1-8-10(7-16(2)15-8)14-9-5-12(20-3)13(21-4)6-11(9)17(18)19/h5-7,14H,1-4H3. The number of nitro groups is 1. The lowest BCUT2D eigenvalue weighted by Gasteiger charge is -2.11.